The molecule has 1 aliphatic carbocycles. The molecule has 1 aromatic rings. The Morgan fingerprint density at radius 3 is 1.61 bits per heavy atom. The maximum absolute atomic E-state index is 10.3. The third kappa shape index (κ3) is 9.43. The number of benzene rings is 1. The van der Waals surface area contributed by atoms with Gasteiger partial charge in [0.05, 0.1) is 13.2 Å². The van der Waals surface area contributed by atoms with Crippen molar-refractivity contribution in [3.8, 4) is 0 Å². The number of hydrogen-bond acceptors (Lipinski definition) is 7. The molecular formula is C21H37NO6. The number of hydrogen-bond donors (Lipinski definition) is 5. The Kier molecular flexibility index (Phi) is 10.00. The molecule has 1 aliphatic rings. The molecule has 0 unspecified atom stereocenters. The lowest BCUT2D eigenvalue weighted by Gasteiger charge is -2.39. The molecule has 5 N–H and O–H groups in total. The molecule has 0 saturated heterocycles. The minimum atomic E-state index is -2.41. The van der Waals surface area contributed by atoms with Crippen LogP contribution in [0.2, 0.25) is 0 Å². The van der Waals surface area contributed by atoms with Crippen LogP contribution in [0.3, 0.4) is 0 Å². The van der Waals surface area contributed by atoms with Crippen LogP contribution < -0.4 is 0 Å². The molecule has 1 fully saturated rings. The third-order valence-electron chi connectivity index (χ3n) is 4.76. The van der Waals surface area contributed by atoms with E-state index < -0.39 is 17.4 Å². The van der Waals surface area contributed by atoms with Gasteiger partial charge in [0.15, 0.2) is 0 Å². The highest BCUT2D eigenvalue weighted by atomic mass is 16.6. The van der Waals surface area contributed by atoms with Crippen LogP contribution in [0.25, 0.3) is 0 Å². The van der Waals surface area contributed by atoms with Crippen molar-refractivity contribution in [2.45, 2.75) is 76.7 Å². The minimum absolute atomic E-state index is 0.0218. The van der Waals surface area contributed by atoms with Crippen LogP contribution in [0.1, 0.15) is 64.9 Å². The molecular weight excluding hydrogens is 362 g/mol. The summed E-state index contributed by atoms with van der Waals surface area (Å²) >= 11 is 0. The topological polar surface area (TPSA) is 114 Å². The summed E-state index contributed by atoms with van der Waals surface area (Å²) in [5, 5.41) is 48.4. The van der Waals surface area contributed by atoms with E-state index >= 15 is 0 Å². The zero-order valence-corrected chi connectivity index (χ0v) is 17.3. The van der Waals surface area contributed by atoms with Gasteiger partial charge in [-0.1, -0.05) is 68.9 Å². The van der Waals surface area contributed by atoms with E-state index in [4.69, 9.17) is 4.74 Å². The molecule has 7 heteroatoms. The van der Waals surface area contributed by atoms with Gasteiger partial charge in [0.1, 0.15) is 5.60 Å². The molecule has 1 aromatic carbocycles. The molecule has 2 rings (SSSR count). The molecule has 7 nitrogen and oxygen atoms in total. The zero-order chi connectivity index (χ0) is 21.3. The van der Waals surface area contributed by atoms with Crippen molar-refractivity contribution in [1.29, 1.82) is 0 Å². The van der Waals surface area contributed by atoms with Gasteiger partial charge in [-0.05, 0) is 12.5 Å². The largest absolute Gasteiger partial charge is 0.383 e. The summed E-state index contributed by atoms with van der Waals surface area (Å²) in [7, 11) is 0. The number of ether oxygens (including phenoxy) is 1. The van der Waals surface area contributed by atoms with Crippen LogP contribution in [-0.2, 0) is 10.3 Å². The Morgan fingerprint density at radius 2 is 1.21 bits per heavy atom. The van der Waals surface area contributed by atoms with Crippen LogP contribution >= 0.6 is 0 Å². The molecule has 28 heavy (non-hydrogen) atoms. The summed E-state index contributed by atoms with van der Waals surface area (Å²) in [6.07, 6.45) is 9.00. The summed E-state index contributed by atoms with van der Waals surface area (Å²) in [6, 6.07) is 8.99. The van der Waals surface area contributed by atoms with E-state index in [1.165, 1.54) is 38.5 Å². The first-order valence-electron chi connectivity index (χ1n) is 9.97. The number of rotatable bonds is 8. The van der Waals surface area contributed by atoms with E-state index in [1.54, 1.807) is 31.2 Å². The number of nitrogens with zero attached hydrogens (tertiary/aromatic N) is 1. The van der Waals surface area contributed by atoms with E-state index in [0.717, 1.165) is 13.8 Å². The fourth-order valence-electron chi connectivity index (χ4n) is 3.19. The second-order valence-electron chi connectivity index (χ2n) is 7.91. The van der Waals surface area contributed by atoms with E-state index in [0.29, 0.717) is 10.5 Å². The molecule has 0 aromatic heterocycles. The van der Waals surface area contributed by atoms with Crippen molar-refractivity contribution in [2.75, 3.05) is 19.8 Å². The molecule has 1 atom stereocenters. The van der Waals surface area contributed by atoms with Crippen LogP contribution in [0.15, 0.2) is 30.3 Å². The molecule has 0 aliphatic heterocycles. The summed E-state index contributed by atoms with van der Waals surface area (Å²) in [5.41, 5.74) is -0.509. The maximum Gasteiger partial charge on any atom is 0.226 e. The van der Waals surface area contributed by atoms with Gasteiger partial charge >= 0.3 is 0 Å². The van der Waals surface area contributed by atoms with Gasteiger partial charge in [0, 0.05) is 20.4 Å². The monoisotopic (exact) mass is 399 g/mol. The van der Waals surface area contributed by atoms with Gasteiger partial charge in [-0.2, -0.15) is 4.90 Å². The lowest BCUT2D eigenvalue weighted by molar-refractivity contribution is -0.372. The smallest absolute Gasteiger partial charge is 0.226 e. The Hall–Kier alpha value is -1.06. The predicted molar refractivity (Wildman–Crippen MR) is 107 cm³/mol. The first-order chi connectivity index (χ1) is 12.9. The Balaban J connectivity index is 0.000000552. The van der Waals surface area contributed by atoms with Crippen molar-refractivity contribution in [1.82, 2.24) is 4.90 Å². The van der Waals surface area contributed by atoms with Crippen molar-refractivity contribution < 1.29 is 30.3 Å². The van der Waals surface area contributed by atoms with Gasteiger partial charge in [-0.15, -0.1) is 0 Å². The van der Waals surface area contributed by atoms with E-state index in [9.17, 15) is 25.5 Å². The van der Waals surface area contributed by atoms with E-state index in [2.05, 4.69) is 0 Å². The molecule has 0 radical (unpaired) electrons. The molecule has 0 bridgehead atoms. The summed E-state index contributed by atoms with van der Waals surface area (Å²) in [4.78, 5) is 0.650. The van der Waals surface area contributed by atoms with Gasteiger partial charge in [0.25, 0.3) is 0 Å². The van der Waals surface area contributed by atoms with Crippen molar-refractivity contribution in [3.63, 3.8) is 0 Å². The zero-order valence-electron chi connectivity index (χ0n) is 17.3. The fraction of sp³-hybridized carbons (Fsp3) is 0.714. The molecule has 1 saturated carbocycles. The normalized spacial score (nSPS) is 17.6. The average molecular weight is 400 g/mol. The van der Waals surface area contributed by atoms with E-state index in [-0.39, 0.29) is 19.8 Å². The van der Waals surface area contributed by atoms with E-state index in [1.807, 2.05) is 6.07 Å². The van der Waals surface area contributed by atoms with Crippen LogP contribution in [0, 0.1) is 0 Å². The van der Waals surface area contributed by atoms with Crippen LogP contribution in [-0.4, -0.2) is 62.0 Å². The molecule has 0 spiro atoms. The fourth-order valence-corrected chi connectivity index (χ4v) is 3.19. The summed E-state index contributed by atoms with van der Waals surface area (Å²) in [5.74, 6) is -4.83. The van der Waals surface area contributed by atoms with Crippen LogP contribution in [0.5, 0.6) is 0 Å². The standard InChI is InChI=1S/C15H25NO6.C6H12/c1-13(17,12-7-5-4-6-8-12)11-22-10-9-16(14(2,18)19)15(3,20)21;1-2-4-6-5-3-1/h4-8,17-21H,9-11H2,1-3H3;1-6H2/t13-;/m1./s1. The molecule has 0 amide bonds. The SMILES string of the molecule is C1CCCCC1.CC(O)(O)N(CCOC[C@@](C)(O)c1ccccc1)C(C)(O)O. The second kappa shape index (κ2) is 11.2. The number of aliphatic hydroxyl groups is 5. The predicted octanol–water partition coefficient (Wildman–Crippen LogP) is 1.87. The second-order valence-corrected chi connectivity index (χ2v) is 7.91. The Bertz CT molecular complexity index is 507. The Morgan fingerprint density at radius 1 is 0.786 bits per heavy atom. The summed E-state index contributed by atoms with van der Waals surface area (Å²) in [6.45, 7) is 3.42. The van der Waals surface area contributed by atoms with Gasteiger partial charge in [-0.25, -0.2) is 0 Å². The lowest BCUT2D eigenvalue weighted by Crippen LogP contribution is -2.59. The molecule has 0 heterocycles. The van der Waals surface area contributed by atoms with Gasteiger partial charge < -0.3 is 30.3 Å². The lowest BCUT2D eigenvalue weighted by atomic mass is 9.97. The third-order valence-corrected chi connectivity index (χ3v) is 4.76. The first-order valence-corrected chi connectivity index (χ1v) is 9.97. The highest BCUT2D eigenvalue weighted by Gasteiger charge is 2.38. The highest BCUT2D eigenvalue weighted by Crippen LogP contribution is 2.21. The van der Waals surface area contributed by atoms with Gasteiger partial charge in [0.2, 0.25) is 11.8 Å². The first kappa shape index (κ1) is 25.0. The van der Waals surface area contributed by atoms with Crippen molar-refractivity contribution in [2.24, 2.45) is 0 Å². The highest BCUT2D eigenvalue weighted by molar-refractivity contribution is 5.21. The Labute approximate surface area is 168 Å². The summed E-state index contributed by atoms with van der Waals surface area (Å²) < 4.78 is 5.34. The molecule has 162 valence electrons. The van der Waals surface area contributed by atoms with Crippen molar-refractivity contribution in [3.05, 3.63) is 35.9 Å². The van der Waals surface area contributed by atoms with Gasteiger partial charge in [-0.3, -0.25) is 0 Å². The average Bonchev–Trinajstić information content (AvgIpc) is 2.62. The minimum Gasteiger partial charge on any atom is -0.383 e. The van der Waals surface area contributed by atoms with Crippen molar-refractivity contribution >= 4 is 0 Å². The maximum atomic E-state index is 10.3. The van der Waals surface area contributed by atoms with Crippen LogP contribution in [0.4, 0.5) is 0 Å². The quantitative estimate of drug-likeness (QED) is 0.335.